The minimum absolute atomic E-state index is 0.316. The molecule has 1 aliphatic heterocycles. The van der Waals surface area contributed by atoms with Gasteiger partial charge in [-0.05, 0) is 25.1 Å². The molecule has 2 rings (SSSR count). The number of carbonyl (C=O) groups excluding carboxylic acids is 1. The van der Waals surface area contributed by atoms with Gasteiger partial charge in [0.05, 0.1) is 6.54 Å². The van der Waals surface area contributed by atoms with Crippen molar-refractivity contribution in [1.82, 2.24) is 0 Å². The Morgan fingerprint density at radius 2 is 2.13 bits per heavy atom. The van der Waals surface area contributed by atoms with Gasteiger partial charge in [-0.2, -0.15) is 0 Å². The molecule has 1 saturated heterocycles. The van der Waals surface area contributed by atoms with Crippen molar-refractivity contribution >= 4 is 11.8 Å². The van der Waals surface area contributed by atoms with E-state index in [0.29, 0.717) is 6.54 Å². The second-order valence-electron chi connectivity index (χ2n) is 3.81. The Labute approximate surface area is 89.0 Å². The monoisotopic (exact) mass is 203 g/mol. The highest BCUT2D eigenvalue weighted by Crippen LogP contribution is 2.28. The molecule has 78 valence electrons. The molecule has 0 aromatic heterocycles. The first-order valence-corrected chi connectivity index (χ1v) is 4.84. The molecule has 15 heavy (non-hydrogen) atoms. The van der Waals surface area contributed by atoms with E-state index in [0.717, 1.165) is 5.69 Å². The van der Waals surface area contributed by atoms with Crippen molar-refractivity contribution in [3.63, 3.8) is 0 Å². The Hall–Kier alpha value is -1.77. The number of benzene rings is 1. The number of amides is 1. The standard InChI is InChI=1S/C12H13NO2/c1-3-12(2)9-13(11(14)15-12)10-7-5-4-6-8-10/h3-8H,1,9H2,2H3. The van der Waals surface area contributed by atoms with E-state index in [9.17, 15) is 4.79 Å². The molecule has 1 unspecified atom stereocenters. The SMILES string of the molecule is C=CC1(C)CN(c2ccccc2)C(=O)O1. The molecule has 1 heterocycles. The first-order valence-electron chi connectivity index (χ1n) is 4.84. The van der Waals surface area contributed by atoms with E-state index in [4.69, 9.17) is 4.74 Å². The molecule has 0 aliphatic carbocycles. The number of hydrogen-bond acceptors (Lipinski definition) is 2. The summed E-state index contributed by atoms with van der Waals surface area (Å²) in [5.41, 5.74) is 0.278. The van der Waals surface area contributed by atoms with Crippen LogP contribution >= 0.6 is 0 Å². The summed E-state index contributed by atoms with van der Waals surface area (Å²) in [6.45, 7) is 6.03. The van der Waals surface area contributed by atoms with Crippen LogP contribution < -0.4 is 4.90 Å². The summed E-state index contributed by atoms with van der Waals surface area (Å²) < 4.78 is 5.23. The summed E-state index contributed by atoms with van der Waals surface area (Å²) in [7, 11) is 0. The number of rotatable bonds is 2. The first-order chi connectivity index (χ1) is 7.14. The van der Waals surface area contributed by atoms with E-state index < -0.39 is 5.60 Å². The molecule has 1 aromatic carbocycles. The van der Waals surface area contributed by atoms with Crippen LogP contribution in [0.25, 0.3) is 0 Å². The van der Waals surface area contributed by atoms with Crippen LogP contribution in [0.5, 0.6) is 0 Å². The fraction of sp³-hybridized carbons (Fsp3) is 0.250. The smallest absolute Gasteiger partial charge is 0.415 e. The largest absolute Gasteiger partial charge is 0.437 e. The predicted octanol–water partition coefficient (Wildman–Crippen LogP) is 2.59. The molecule has 1 aromatic rings. The van der Waals surface area contributed by atoms with E-state index in [1.54, 1.807) is 11.0 Å². The Bertz CT molecular complexity index is 388. The van der Waals surface area contributed by atoms with Crippen LogP contribution in [0.2, 0.25) is 0 Å². The molecule has 1 aliphatic rings. The van der Waals surface area contributed by atoms with Crippen LogP contribution in [0.15, 0.2) is 43.0 Å². The van der Waals surface area contributed by atoms with Crippen molar-refractivity contribution in [2.45, 2.75) is 12.5 Å². The first kappa shape index (κ1) is 9.77. The third-order valence-corrected chi connectivity index (χ3v) is 2.51. The molecule has 0 N–H and O–H groups in total. The lowest BCUT2D eigenvalue weighted by Crippen LogP contribution is -2.29. The maximum Gasteiger partial charge on any atom is 0.415 e. The fourth-order valence-electron chi connectivity index (χ4n) is 1.58. The molecule has 0 bridgehead atoms. The molecular formula is C12H13NO2. The van der Waals surface area contributed by atoms with Crippen molar-refractivity contribution in [2.24, 2.45) is 0 Å². The lowest BCUT2D eigenvalue weighted by molar-refractivity contribution is 0.108. The van der Waals surface area contributed by atoms with Crippen molar-refractivity contribution in [1.29, 1.82) is 0 Å². The molecule has 3 nitrogen and oxygen atoms in total. The number of ether oxygens (including phenoxy) is 1. The molecule has 1 amide bonds. The molecule has 1 atom stereocenters. The second kappa shape index (κ2) is 3.42. The zero-order valence-electron chi connectivity index (χ0n) is 8.64. The quantitative estimate of drug-likeness (QED) is 0.691. The maximum atomic E-state index is 11.6. The predicted molar refractivity (Wildman–Crippen MR) is 58.9 cm³/mol. The third-order valence-electron chi connectivity index (χ3n) is 2.51. The Morgan fingerprint density at radius 3 is 2.67 bits per heavy atom. The Morgan fingerprint density at radius 1 is 1.47 bits per heavy atom. The fourth-order valence-corrected chi connectivity index (χ4v) is 1.58. The normalized spacial score (nSPS) is 25.1. The van der Waals surface area contributed by atoms with Crippen LogP contribution in [0, 0.1) is 0 Å². The van der Waals surface area contributed by atoms with E-state index in [1.807, 2.05) is 37.3 Å². The van der Waals surface area contributed by atoms with Crippen molar-refractivity contribution in [2.75, 3.05) is 11.4 Å². The van der Waals surface area contributed by atoms with Crippen LogP contribution in [0.3, 0.4) is 0 Å². The summed E-state index contributed by atoms with van der Waals surface area (Å²) in [6.07, 6.45) is 1.34. The molecular weight excluding hydrogens is 190 g/mol. The van der Waals surface area contributed by atoms with E-state index >= 15 is 0 Å². The maximum absolute atomic E-state index is 11.6. The number of para-hydroxylation sites is 1. The van der Waals surface area contributed by atoms with Gasteiger partial charge in [0.1, 0.15) is 5.60 Å². The Kier molecular flexibility index (Phi) is 2.23. The number of nitrogens with zero attached hydrogens (tertiary/aromatic N) is 1. The highest BCUT2D eigenvalue weighted by molar-refractivity contribution is 5.90. The van der Waals surface area contributed by atoms with E-state index in [2.05, 4.69) is 6.58 Å². The molecule has 1 fully saturated rings. The van der Waals surface area contributed by atoms with Crippen LogP contribution in [-0.2, 0) is 4.74 Å². The van der Waals surface area contributed by atoms with Crippen molar-refractivity contribution in [3.05, 3.63) is 43.0 Å². The molecule has 0 radical (unpaired) electrons. The number of carbonyl (C=O) groups is 1. The van der Waals surface area contributed by atoms with Gasteiger partial charge in [-0.3, -0.25) is 4.90 Å². The van der Waals surface area contributed by atoms with Crippen LogP contribution in [0.1, 0.15) is 6.92 Å². The van der Waals surface area contributed by atoms with Crippen molar-refractivity contribution < 1.29 is 9.53 Å². The zero-order chi connectivity index (χ0) is 10.9. The molecule has 0 saturated carbocycles. The summed E-state index contributed by atoms with van der Waals surface area (Å²) in [5.74, 6) is 0. The Balaban J connectivity index is 2.27. The van der Waals surface area contributed by atoms with E-state index in [-0.39, 0.29) is 6.09 Å². The van der Waals surface area contributed by atoms with Crippen LogP contribution in [0.4, 0.5) is 10.5 Å². The zero-order valence-corrected chi connectivity index (χ0v) is 8.64. The van der Waals surface area contributed by atoms with Gasteiger partial charge < -0.3 is 4.74 Å². The number of cyclic esters (lactones) is 1. The third kappa shape index (κ3) is 1.73. The summed E-state index contributed by atoms with van der Waals surface area (Å²) >= 11 is 0. The lowest BCUT2D eigenvalue weighted by Gasteiger charge is -2.16. The number of hydrogen-bond donors (Lipinski definition) is 0. The van der Waals surface area contributed by atoms with Gasteiger partial charge in [0.15, 0.2) is 0 Å². The van der Waals surface area contributed by atoms with Gasteiger partial charge >= 0.3 is 6.09 Å². The average molecular weight is 203 g/mol. The highest BCUT2D eigenvalue weighted by atomic mass is 16.6. The average Bonchev–Trinajstić information content (AvgIpc) is 2.57. The van der Waals surface area contributed by atoms with Gasteiger partial charge in [-0.1, -0.05) is 24.8 Å². The van der Waals surface area contributed by atoms with Crippen molar-refractivity contribution in [3.8, 4) is 0 Å². The topological polar surface area (TPSA) is 29.5 Å². The minimum Gasteiger partial charge on any atom is -0.437 e. The minimum atomic E-state index is -0.576. The van der Waals surface area contributed by atoms with Gasteiger partial charge in [0.25, 0.3) is 0 Å². The highest BCUT2D eigenvalue weighted by Gasteiger charge is 2.39. The summed E-state index contributed by atoms with van der Waals surface area (Å²) in [6, 6.07) is 9.47. The van der Waals surface area contributed by atoms with E-state index in [1.165, 1.54) is 0 Å². The second-order valence-corrected chi connectivity index (χ2v) is 3.81. The van der Waals surface area contributed by atoms with Gasteiger partial charge in [-0.25, -0.2) is 4.79 Å². The van der Waals surface area contributed by atoms with Gasteiger partial charge in [0, 0.05) is 5.69 Å². The molecule has 0 spiro atoms. The molecule has 3 heteroatoms. The lowest BCUT2D eigenvalue weighted by atomic mass is 10.1. The number of anilines is 1. The summed E-state index contributed by atoms with van der Waals surface area (Å²) in [4.78, 5) is 13.2. The van der Waals surface area contributed by atoms with Crippen LogP contribution in [-0.4, -0.2) is 18.2 Å². The van der Waals surface area contributed by atoms with Gasteiger partial charge in [0.2, 0.25) is 0 Å². The summed E-state index contributed by atoms with van der Waals surface area (Å²) in [5, 5.41) is 0. The van der Waals surface area contributed by atoms with Gasteiger partial charge in [-0.15, -0.1) is 0 Å².